The summed E-state index contributed by atoms with van der Waals surface area (Å²) in [5, 5.41) is 10.5. The molecule has 1 heterocycles. The SMILES string of the molecule is Cc1ccc2c(=O)n(CCCO)ccc2c1. The van der Waals surface area contributed by atoms with Gasteiger partial charge in [0.05, 0.1) is 0 Å². The Morgan fingerprint density at radius 1 is 1.31 bits per heavy atom. The number of pyridine rings is 1. The minimum Gasteiger partial charge on any atom is -0.396 e. The molecule has 0 spiro atoms. The molecule has 0 aliphatic heterocycles. The highest BCUT2D eigenvalue weighted by Crippen LogP contribution is 2.11. The Morgan fingerprint density at radius 2 is 2.12 bits per heavy atom. The summed E-state index contributed by atoms with van der Waals surface area (Å²) < 4.78 is 1.65. The lowest BCUT2D eigenvalue weighted by Gasteiger charge is -2.06. The van der Waals surface area contributed by atoms with Gasteiger partial charge >= 0.3 is 0 Å². The van der Waals surface area contributed by atoms with Crippen LogP contribution in [0, 0.1) is 6.92 Å². The molecule has 0 fully saturated rings. The fraction of sp³-hybridized carbons (Fsp3) is 0.308. The van der Waals surface area contributed by atoms with Crippen LogP contribution in [0.15, 0.2) is 35.3 Å². The van der Waals surface area contributed by atoms with Crippen LogP contribution in [0.2, 0.25) is 0 Å². The lowest BCUT2D eigenvalue weighted by Crippen LogP contribution is -2.19. The summed E-state index contributed by atoms with van der Waals surface area (Å²) >= 11 is 0. The van der Waals surface area contributed by atoms with Crippen LogP contribution in [-0.4, -0.2) is 16.3 Å². The molecule has 0 aliphatic rings. The molecule has 0 bridgehead atoms. The van der Waals surface area contributed by atoms with Crippen LogP contribution in [0.25, 0.3) is 10.8 Å². The van der Waals surface area contributed by atoms with Crippen molar-refractivity contribution >= 4 is 10.8 Å². The van der Waals surface area contributed by atoms with Gasteiger partial charge in [0.2, 0.25) is 0 Å². The molecule has 0 amide bonds. The molecule has 3 nitrogen and oxygen atoms in total. The van der Waals surface area contributed by atoms with E-state index < -0.39 is 0 Å². The van der Waals surface area contributed by atoms with Crippen molar-refractivity contribution in [3.8, 4) is 0 Å². The second-order valence-corrected chi connectivity index (χ2v) is 3.98. The molecule has 1 aromatic carbocycles. The second-order valence-electron chi connectivity index (χ2n) is 3.98. The average Bonchev–Trinajstić information content (AvgIpc) is 2.28. The molecule has 16 heavy (non-hydrogen) atoms. The van der Waals surface area contributed by atoms with Crippen molar-refractivity contribution in [3.63, 3.8) is 0 Å². The van der Waals surface area contributed by atoms with Gasteiger partial charge in [0.15, 0.2) is 0 Å². The van der Waals surface area contributed by atoms with Gasteiger partial charge in [0, 0.05) is 24.7 Å². The molecule has 2 aromatic rings. The Balaban J connectivity index is 2.53. The van der Waals surface area contributed by atoms with Gasteiger partial charge in [0.1, 0.15) is 0 Å². The summed E-state index contributed by atoms with van der Waals surface area (Å²) in [5.41, 5.74) is 1.17. The molecule has 0 saturated heterocycles. The first kappa shape index (κ1) is 10.9. The molecule has 0 aliphatic carbocycles. The van der Waals surface area contributed by atoms with Crippen LogP contribution in [0.1, 0.15) is 12.0 Å². The number of hydrogen-bond donors (Lipinski definition) is 1. The number of aliphatic hydroxyl groups is 1. The molecule has 0 unspecified atom stereocenters. The quantitative estimate of drug-likeness (QED) is 0.850. The van der Waals surface area contributed by atoms with E-state index in [0.29, 0.717) is 13.0 Å². The third-order valence-corrected chi connectivity index (χ3v) is 2.69. The van der Waals surface area contributed by atoms with Gasteiger partial charge in [-0.1, -0.05) is 17.7 Å². The van der Waals surface area contributed by atoms with E-state index in [-0.39, 0.29) is 12.2 Å². The van der Waals surface area contributed by atoms with Gasteiger partial charge < -0.3 is 9.67 Å². The highest BCUT2D eigenvalue weighted by Gasteiger charge is 2.02. The Labute approximate surface area is 94.0 Å². The zero-order chi connectivity index (χ0) is 11.5. The predicted octanol–water partition coefficient (Wildman–Crippen LogP) is 1.69. The smallest absolute Gasteiger partial charge is 0.258 e. The first-order valence-electron chi connectivity index (χ1n) is 5.43. The standard InChI is InChI=1S/C13H15NO2/c1-10-3-4-12-11(9-10)5-7-14(13(12)16)6-2-8-15/h3-5,7,9,15H,2,6,8H2,1H3. The number of aliphatic hydroxyl groups excluding tert-OH is 1. The zero-order valence-electron chi connectivity index (χ0n) is 9.31. The van der Waals surface area contributed by atoms with Gasteiger partial charge in [-0.15, -0.1) is 0 Å². The third-order valence-electron chi connectivity index (χ3n) is 2.69. The van der Waals surface area contributed by atoms with Crippen molar-refractivity contribution in [1.82, 2.24) is 4.57 Å². The molecule has 3 heteroatoms. The van der Waals surface area contributed by atoms with Gasteiger partial charge in [-0.2, -0.15) is 0 Å². The van der Waals surface area contributed by atoms with Gasteiger partial charge in [-0.25, -0.2) is 0 Å². The molecule has 0 saturated carbocycles. The molecule has 0 radical (unpaired) electrons. The Hall–Kier alpha value is -1.61. The van der Waals surface area contributed by atoms with Crippen LogP contribution >= 0.6 is 0 Å². The van der Waals surface area contributed by atoms with Crippen molar-refractivity contribution in [3.05, 3.63) is 46.4 Å². The van der Waals surface area contributed by atoms with Crippen molar-refractivity contribution in [2.75, 3.05) is 6.61 Å². The number of rotatable bonds is 3. The lowest BCUT2D eigenvalue weighted by molar-refractivity contribution is 0.279. The maximum Gasteiger partial charge on any atom is 0.258 e. The van der Waals surface area contributed by atoms with E-state index >= 15 is 0 Å². The Bertz CT molecular complexity index is 557. The van der Waals surface area contributed by atoms with Crippen LogP contribution in [-0.2, 0) is 6.54 Å². The van der Waals surface area contributed by atoms with Crippen molar-refractivity contribution in [1.29, 1.82) is 0 Å². The third kappa shape index (κ3) is 1.99. The maximum absolute atomic E-state index is 12.0. The highest BCUT2D eigenvalue weighted by molar-refractivity contribution is 5.81. The predicted molar refractivity (Wildman–Crippen MR) is 64.6 cm³/mol. The number of aryl methyl sites for hydroxylation is 2. The molecule has 0 atom stereocenters. The van der Waals surface area contributed by atoms with E-state index in [4.69, 9.17) is 5.11 Å². The highest BCUT2D eigenvalue weighted by atomic mass is 16.3. The van der Waals surface area contributed by atoms with Gasteiger partial charge in [0.25, 0.3) is 5.56 Å². The molecule has 2 rings (SSSR count). The average molecular weight is 217 g/mol. The normalized spacial score (nSPS) is 10.9. The fourth-order valence-electron chi connectivity index (χ4n) is 1.82. The first-order valence-corrected chi connectivity index (χ1v) is 5.43. The van der Waals surface area contributed by atoms with E-state index in [2.05, 4.69) is 0 Å². The fourth-order valence-corrected chi connectivity index (χ4v) is 1.82. The van der Waals surface area contributed by atoms with Gasteiger partial charge in [-0.05, 0) is 30.9 Å². The minimum absolute atomic E-state index is 0.0194. The van der Waals surface area contributed by atoms with Crippen LogP contribution in [0.4, 0.5) is 0 Å². The summed E-state index contributed by atoms with van der Waals surface area (Å²) in [4.78, 5) is 12.0. The van der Waals surface area contributed by atoms with Gasteiger partial charge in [-0.3, -0.25) is 4.79 Å². The Morgan fingerprint density at radius 3 is 2.88 bits per heavy atom. The molecule has 1 N–H and O–H groups in total. The Kier molecular flexibility index (Phi) is 3.06. The summed E-state index contributed by atoms with van der Waals surface area (Å²) in [6.07, 6.45) is 2.40. The maximum atomic E-state index is 12.0. The molecule has 84 valence electrons. The van der Waals surface area contributed by atoms with Crippen molar-refractivity contribution in [2.24, 2.45) is 0 Å². The topological polar surface area (TPSA) is 42.2 Å². The molecule has 1 aromatic heterocycles. The lowest BCUT2D eigenvalue weighted by atomic mass is 10.1. The van der Waals surface area contributed by atoms with E-state index in [1.165, 1.54) is 0 Å². The van der Waals surface area contributed by atoms with E-state index in [0.717, 1.165) is 16.3 Å². The number of fused-ring (bicyclic) bond motifs is 1. The summed E-state index contributed by atoms with van der Waals surface area (Å²) in [5.74, 6) is 0. The van der Waals surface area contributed by atoms with Crippen LogP contribution in [0.5, 0.6) is 0 Å². The van der Waals surface area contributed by atoms with Crippen molar-refractivity contribution in [2.45, 2.75) is 19.9 Å². The van der Waals surface area contributed by atoms with Crippen LogP contribution < -0.4 is 5.56 Å². The number of aromatic nitrogens is 1. The zero-order valence-corrected chi connectivity index (χ0v) is 9.31. The largest absolute Gasteiger partial charge is 0.396 e. The molecular formula is C13H15NO2. The number of hydrogen-bond acceptors (Lipinski definition) is 2. The van der Waals surface area contributed by atoms with Crippen LogP contribution in [0.3, 0.4) is 0 Å². The summed E-state index contributed by atoms with van der Waals surface area (Å²) in [6.45, 7) is 2.69. The van der Waals surface area contributed by atoms with E-state index in [9.17, 15) is 4.79 Å². The second kappa shape index (κ2) is 4.49. The molecular weight excluding hydrogens is 202 g/mol. The van der Waals surface area contributed by atoms with Crippen molar-refractivity contribution < 1.29 is 5.11 Å². The first-order chi connectivity index (χ1) is 7.72. The minimum atomic E-state index is 0.0194. The monoisotopic (exact) mass is 217 g/mol. The van der Waals surface area contributed by atoms with E-state index in [1.54, 1.807) is 10.8 Å². The number of nitrogens with zero attached hydrogens (tertiary/aromatic N) is 1. The summed E-state index contributed by atoms with van der Waals surface area (Å²) in [7, 11) is 0. The summed E-state index contributed by atoms with van der Waals surface area (Å²) in [6, 6.07) is 7.76. The van der Waals surface area contributed by atoms with E-state index in [1.807, 2.05) is 31.2 Å². The number of benzene rings is 1.